The predicted octanol–water partition coefficient (Wildman–Crippen LogP) is 2.59. The molecule has 4 aliphatic rings. The zero-order valence-corrected chi connectivity index (χ0v) is 13.7. The predicted molar refractivity (Wildman–Crippen MR) is 86.7 cm³/mol. The van der Waals surface area contributed by atoms with Gasteiger partial charge in [-0.25, -0.2) is 0 Å². The van der Waals surface area contributed by atoms with Crippen LogP contribution in [0.2, 0.25) is 0 Å². The molecule has 7 atom stereocenters. The van der Waals surface area contributed by atoms with Crippen LogP contribution in [0, 0.1) is 34.5 Å². The van der Waals surface area contributed by atoms with Crippen molar-refractivity contribution in [1.82, 2.24) is 0 Å². The van der Waals surface area contributed by atoms with Crippen molar-refractivity contribution in [2.24, 2.45) is 40.2 Å². The second-order valence-corrected chi connectivity index (χ2v) is 8.79. The van der Waals surface area contributed by atoms with E-state index in [2.05, 4.69) is 32.1 Å². The topological polar surface area (TPSA) is 66.5 Å². The number of nitrogens with two attached hydrogens (primary N) is 1. The molecule has 0 amide bonds. The molecule has 4 N–H and O–H groups in total. The minimum atomic E-state index is -1.64. The zero-order valence-electron chi connectivity index (χ0n) is 13.7. The molecular weight excluding hydrogens is 274 g/mol. The summed E-state index contributed by atoms with van der Waals surface area (Å²) in [7, 11) is 0. The zero-order chi connectivity index (χ0) is 15.8. The number of rotatable bonds is 0. The van der Waals surface area contributed by atoms with Crippen molar-refractivity contribution in [1.29, 1.82) is 0 Å². The first kappa shape index (κ1) is 14.9. The van der Waals surface area contributed by atoms with E-state index in [9.17, 15) is 10.2 Å². The highest BCUT2D eigenvalue weighted by atomic mass is 16.5. The van der Waals surface area contributed by atoms with Gasteiger partial charge in [0.2, 0.25) is 0 Å². The maximum atomic E-state index is 9.97. The van der Waals surface area contributed by atoms with Gasteiger partial charge in [-0.1, -0.05) is 32.1 Å². The highest BCUT2D eigenvalue weighted by Crippen LogP contribution is 2.63. The molecule has 22 heavy (non-hydrogen) atoms. The Hall–Kier alpha value is -0.640. The van der Waals surface area contributed by atoms with E-state index in [1.54, 1.807) is 6.08 Å². The van der Waals surface area contributed by atoms with Crippen LogP contribution in [0.3, 0.4) is 0 Å². The maximum absolute atomic E-state index is 9.97. The van der Waals surface area contributed by atoms with Crippen LogP contribution in [0.15, 0.2) is 24.3 Å². The SMILES string of the molecule is C[C@]12CC[C@H]3[C@@H](C=CC4CC(O)(O)C=C[C@@]43C)[C@@H]1CC[C@@H]2N. The average molecular weight is 303 g/mol. The maximum Gasteiger partial charge on any atom is 0.183 e. The number of fused-ring (bicyclic) bond motifs is 5. The van der Waals surface area contributed by atoms with Gasteiger partial charge in [0.1, 0.15) is 0 Å². The van der Waals surface area contributed by atoms with Crippen molar-refractivity contribution in [3.63, 3.8) is 0 Å². The third-order valence-electron chi connectivity index (χ3n) is 7.80. The van der Waals surface area contributed by atoms with Gasteiger partial charge >= 0.3 is 0 Å². The number of hydrogen-bond acceptors (Lipinski definition) is 3. The highest BCUT2D eigenvalue weighted by Gasteiger charge is 2.58. The van der Waals surface area contributed by atoms with Gasteiger partial charge in [-0.15, -0.1) is 0 Å². The number of hydrogen-bond donors (Lipinski definition) is 3. The van der Waals surface area contributed by atoms with Crippen molar-refractivity contribution in [3.05, 3.63) is 24.3 Å². The Labute approximate surface area is 133 Å². The summed E-state index contributed by atoms with van der Waals surface area (Å²) in [6.07, 6.45) is 13.6. The standard InChI is InChI=1S/C19H29NO2/c1-17-9-10-19(21,22)11-12(17)3-4-13-14-5-6-16(20)18(14,2)8-7-15(13)17/h3-4,9-10,12-16,21-22H,5-8,11,20H2,1-2H3/t12?,13-,14-,15-,16-,17-,18-/m0/s1. The molecule has 4 aliphatic carbocycles. The molecule has 0 bridgehead atoms. The molecule has 1 unspecified atom stereocenters. The summed E-state index contributed by atoms with van der Waals surface area (Å²) in [6.45, 7) is 4.72. The molecule has 0 aromatic rings. The second kappa shape index (κ2) is 4.46. The molecule has 4 rings (SSSR count). The summed E-state index contributed by atoms with van der Waals surface area (Å²) in [4.78, 5) is 0. The van der Waals surface area contributed by atoms with Crippen LogP contribution >= 0.6 is 0 Å². The van der Waals surface area contributed by atoms with Crippen molar-refractivity contribution < 1.29 is 10.2 Å². The Bertz CT molecular complexity index is 540. The minimum absolute atomic E-state index is 0.0579. The smallest absolute Gasteiger partial charge is 0.183 e. The highest BCUT2D eigenvalue weighted by molar-refractivity contribution is 5.25. The first-order valence-corrected chi connectivity index (χ1v) is 8.85. The van der Waals surface area contributed by atoms with Gasteiger partial charge in [-0.2, -0.15) is 0 Å². The van der Waals surface area contributed by atoms with Crippen LogP contribution in [0.1, 0.15) is 46.0 Å². The molecule has 0 aromatic carbocycles. The molecule has 0 radical (unpaired) electrons. The van der Waals surface area contributed by atoms with E-state index in [1.807, 2.05) is 0 Å². The van der Waals surface area contributed by atoms with Crippen LogP contribution in [-0.2, 0) is 0 Å². The van der Waals surface area contributed by atoms with E-state index in [1.165, 1.54) is 19.3 Å². The Morgan fingerprint density at radius 2 is 1.77 bits per heavy atom. The Morgan fingerprint density at radius 1 is 1.00 bits per heavy atom. The van der Waals surface area contributed by atoms with E-state index in [0.717, 1.165) is 6.42 Å². The van der Waals surface area contributed by atoms with E-state index in [-0.39, 0.29) is 11.3 Å². The number of aliphatic hydroxyl groups is 2. The lowest BCUT2D eigenvalue weighted by Crippen LogP contribution is -2.53. The molecule has 0 heterocycles. The molecule has 3 heteroatoms. The van der Waals surface area contributed by atoms with Gasteiger partial charge in [0.05, 0.1) is 0 Å². The van der Waals surface area contributed by atoms with Gasteiger partial charge in [-0.3, -0.25) is 0 Å². The largest absolute Gasteiger partial charge is 0.362 e. The normalized spacial score (nSPS) is 55.4. The summed E-state index contributed by atoms with van der Waals surface area (Å²) >= 11 is 0. The number of allylic oxidation sites excluding steroid dienone is 3. The molecule has 0 spiro atoms. The Morgan fingerprint density at radius 3 is 2.55 bits per heavy atom. The van der Waals surface area contributed by atoms with Crippen LogP contribution < -0.4 is 5.73 Å². The Balaban J connectivity index is 1.71. The van der Waals surface area contributed by atoms with Crippen LogP contribution in [0.4, 0.5) is 0 Å². The van der Waals surface area contributed by atoms with Crippen molar-refractivity contribution >= 4 is 0 Å². The van der Waals surface area contributed by atoms with Crippen LogP contribution in [-0.4, -0.2) is 22.0 Å². The van der Waals surface area contributed by atoms with E-state index in [0.29, 0.717) is 35.6 Å². The summed E-state index contributed by atoms with van der Waals surface area (Å²) in [6, 6.07) is 0.349. The van der Waals surface area contributed by atoms with Crippen LogP contribution in [0.5, 0.6) is 0 Å². The third-order valence-corrected chi connectivity index (χ3v) is 7.80. The first-order chi connectivity index (χ1) is 10.3. The molecule has 2 fully saturated rings. The Kier molecular flexibility index (Phi) is 3.03. The summed E-state index contributed by atoms with van der Waals surface area (Å²) < 4.78 is 0. The van der Waals surface area contributed by atoms with Gasteiger partial charge < -0.3 is 15.9 Å². The van der Waals surface area contributed by atoms with E-state index >= 15 is 0 Å². The van der Waals surface area contributed by atoms with Gasteiger partial charge in [0.25, 0.3) is 0 Å². The molecule has 0 aliphatic heterocycles. The summed E-state index contributed by atoms with van der Waals surface area (Å²) in [5, 5.41) is 19.9. The molecular formula is C19H29NO2. The molecule has 0 saturated heterocycles. The summed E-state index contributed by atoms with van der Waals surface area (Å²) in [5.74, 6) is 0.494. The lowest BCUT2D eigenvalue weighted by atomic mass is 9.48. The third kappa shape index (κ3) is 1.85. The van der Waals surface area contributed by atoms with Crippen molar-refractivity contribution in [3.8, 4) is 0 Å². The molecule has 2 saturated carbocycles. The lowest BCUT2D eigenvalue weighted by Gasteiger charge is -2.57. The fraction of sp³-hybridized carbons (Fsp3) is 0.789. The quantitative estimate of drug-likeness (QED) is 0.476. The van der Waals surface area contributed by atoms with E-state index < -0.39 is 5.79 Å². The fourth-order valence-corrected chi connectivity index (χ4v) is 6.21. The average Bonchev–Trinajstić information content (AvgIpc) is 2.76. The van der Waals surface area contributed by atoms with Gasteiger partial charge in [-0.05, 0) is 66.3 Å². The van der Waals surface area contributed by atoms with Crippen LogP contribution in [0.25, 0.3) is 0 Å². The van der Waals surface area contributed by atoms with Crippen molar-refractivity contribution in [2.75, 3.05) is 0 Å². The van der Waals surface area contributed by atoms with Gasteiger partial charge in [0, 0.05) is 12.5 Å². The van der Waals surface area contributed by atoms with E-state index in [4.69, 9.17) is 5.73 Å². The molecule has 3 nitrogen and oxygen atoms in total. The van der Waals surface area contributed by atoms with Crippen molar-refractivity contribution in [2.45, 2.75) is 57.8 Å². The molecule has 122 valence electrons. The molecule has 0 aromatic heterocycles. The lowest BCUT2D eigenvalue weighted by molar-refractivity contribution is -0.150. The fourth-order valence-electron chi connectivity index (χ4n) is 6.21. The summed E-state index contributed by atoms with van der Waals surface area (Å²) in [5.41, 5.74) is 6.80. The second-order valence-electron chi connectivity index (χ2n) is 8.79. The monoisotopic (exact) mass is 303 g/mol. The van der Waals surface area contributed by atoms with Gasteiger partial charge in [0.15, 0.2) is 5.79 Å². The first-order valence-electron chi connectivity index (χ1n) is 8.85. The minimum Gasteiger partial charge on any atom is -0.362 e.